The third kappa shape index (κ3) is 15.5. The van der Waals surface area contributed by atoms with Gasteiger partial charge in [0.05, 0.1) is 26.4 Å². The molecule has 0 amide bonds. The lowest BCUT2D eigenvalue weighted by molar-refractivity contribution is -0.136. The van der Waals surface area contributed by atoms with Crippen molar-refractivity contribution in [1.29, 1.82) is 0 Å². The molecule has 0 fully saturated rings. The topological polar surface area (TPSA) is 93.1 Å². The number of aliphatic carboxylic acids is 2. The van der Waals surface area contributed by atoms with Crippen molar-refractivity contribution in [3.63, 3.8) is 0 Å². The molecule has 0 unspecified atom stereocenters. The van der Waals surface area contributed by atoms with E-state index in [-0.39, 0.29) is 37.2 Å². The van der Waals surface area contributed by atoms with Crippen molar-refractivity contribution in [2.24, 2.45) is 0 Å². The Hall–Kier alpha value is -2.44. The zero-order valence-corrected chi connectivity index (χ0v) is 17.9. The van der Waals surface area contributed by atoms with Gasteiger partial charge in [0, 0.05) is 24.0 Å². The smallest absolute Gasteiger partial charge is 0.332 e. The minimum Gasteiger partial charge on any atom is -0.478 e. The Bertz CT molecular complexity index is 549. The van der Waals surface area contributed by atoms with Gasteiger partial charge in [-0.3, -0.25) is 0 Å². The summed E-state index contributed by atoms with van der Waals surface area (Å²) in [6.45, 7) is 8.35. The van der Waals surface area contributed by atoms with Gasteiger partial charge in [-0.2, -0.15) is 0 Å². The summed E-state index contributed by atoms with van der Waals surface area (Å²) in [6, 6.07) is 0. The van der Waals surface area contributed by atoms with E-state index >= 15 is 0 Å². The first-order valence-corrected chi connectivity index (χ1v) is 10.4. The summed E-state index contributed by atoms with van der Waals surface area (Å²) in [5, 5.41) is 18.8. The van der Waals surface area contributed by atoms with Gasteiger partial charge in [-0.05, 0) is 38.5 Å². The minimum atomic E-state index is -1.24. The van der Waals surface area contributed by atoms with Crippen LogP contribution < -0.4 is 0 Å². The monoisotopic (exact) mass is 420 g/mol. The van der Waals surface area contributed by atoms with Crippen molar-refractivity contribution < 1.29 is 29.3 Å². The van der Waals surface area contributed by atoms with Gasteiger partial charge in [0.15, 0.2) is 0 Å². The molecule has 0 heterocycles. The van der Waals surface area contributed by atoms with Gasteiger partial charge in [-0.15, -0.1) is 13.2 Å². The van der Waals surface area contributed by atoms with Gasteiger partial charge in [-0.25, -0.2) is 9.59 Å². The maximum atomic E-state index is 11.5. The molecule has 0 aromatic rings. The summed E-state index contributed by atoms with van der Waals surface area (Å²) < 4.78 is 10.8. The number of rotatable bonds is 20. The summed E-state index contributed by atoms with van der Waals surface area (Å²) in [5.41, 5.74) is -0.276. The average Bonchev–Trinajstić information content (AvgIpc) is 2.71. The Morgan fingerprint density at radius 2 is 1.07 bits per heavy atom. The fraction of sp³-hybridized carbons (Fsp3) is 0.500. The maximum Gasteiger partial charge on any atom is 0.332 e. The normalized spacial score (nSPS) is 12.3. The number of carboxylic acid groups (broad SMARTS) is 2. The zero-order chi connectivity index (χ0) is 22.5. The molecule has 0 saturated heterocycles. The zero-order valence-electron chi connectivity index (χ0n) is 17.9. The third-order valence-electron chi connectivity index (χ3n) is 4.19. The third-order valence-corrected chi connectivity index (χ3v) is 4.19. The maximum absolute atomic E-state index is 11.5. The molecule has 0 bridgehead atoms. The summed E-state index contributed by atoms with van der Waals surface area (Å²) in [6.07, 6.45) is 17.4. The number of carboxylic acids is 2. The predicted octanol–water partition coefficient (Wildman–Crippen LogP) is 5.09. The molecule has 30 heavy (non-hydrogen) atoms. The number of hydrogen-bond acceptors (Lipinski definition) is 4. The Balaban J connectivity index is 4.39. The lowest BCUT2D eigenvalue weighted by Crippen LogP contribution is -2.15. The molecule has 0 aliphatic carbocycles. The molecule has 0 aromatic heterocycles. The van der Waals surface area contributed by atoms with Crippen LogP contribution in [0.5, 0.6) is 0 Å². The van der Waals surface area contributed by atoms with Crippen molar-refractivity contribution in [2.45, 2.75) is 51.4 Å². The van der Waals surface area contributed by atoms with E-state index in [9.17, 15) is 19.8 Å². The summed E-state index contributed by atoms with van der Waals surface area (Å²) >= 11 is 0. The van der Waals surface area contributed by atoms with Crippen LogP contribution in [-0.4, -0.2) is 48.6 Å². The number of ether oxygens (including phenoxy) is 2. The highest BCUT2D eigenvalue weighted by molar-refractivity contribution is 5.98. The molecule has 0 spiro atoms. The van der Waals surface area contributed by atoms with Crippen molar-refractivity contribution in [1.82, 2.24) is 0 Å². The fourth-order valence-electron chi connectivity index (χ4n) is 2.56. The van der Waals surface area contributed by atoms with E-state index in [1.165, 1.54) is 0 Å². The highest BCUT2D eigenvalue weighted by atomic mass is 16.5. The largest absolute Gasteiger partial charge is 0.478 e. The first-order chi connectivity index (χ1) is 14.5. The molecule has 6 nitrogen and oxygen atoms in total. The molecular formula is C24H36O6. The van der Waals surface area contributed by atoms with E-state index in [1.807, 2.05) is 36.5 Å². The van der Waals surface area contributed by atoms with Crippen LogP contribution in [-0.2, 0) is 19.1 Å². The fourth-order valence-corrected chi connectivity index (χ4v) is 2.56. The summed E-state index contributed by atoms with van der Waals surface area (Å²) in [4.78, 5) is 23.0. The van der Waals surface area contributed by atoms with E-state index in [0.717, 1.165) is 38.5 Å². The number of hydrogen-bond donors (Lipinski definition) is 2. The predicted molar refractivity (Wildman–Crippen MR) is 120 cm³/mol. The molecule has 0 rings (SSSR count). The molecule has 0 aliphatic heterocycles. The molecule has 0 atom stereocenters. The minimum absolute atomic E-state index is 0.0322. The van der Waals surface area contributed by atoms with Crippen LogP contribution in [0.25, 0.3) is 0 Å². The van der Waals surface area contributed by atoms with E-state index in [4.69, 9.17) is 9.47 Å². The Morgan fingerprint density at radius 3 is 1.40 bits per heavy atom. The van der Waals surface area contributed by atoms with Crippen molar-refractivity contribution >= 4 is 11.9 Å². The lowest BCUT2D eigenvalue weighted by atomic mass is 10.0. The number of carbonyl (C=O) groups is 2. The van der Waals surface area contributed by atoms with E-state index in [0.29, 0.717) is 13.2 Å². The van der Waals surface area contributed by atoms with Gasteiger partial charge in [0.1, 0.15) is 0 Å². The van der Waals surface area contributed by atoms with Crippen molar-refractivity contribution in [3.05, 3.63) is 60.8 Å². The average molecular weight is 421 g/mol. The molecule has 2 N–H and O–H groups in total. The SMILES string of the molecule is C=CCCCC=CCOCC/C(C(=O)O)=C(/CCOCC=CCCCC=C)C(=O)O. The van der Waals surface area contributed by atoms with E-state index < -0.39 is 11.9 Å². The van der Waals surface area contributed by atoms with Crippen LogP contribution >= 0.6 is 0 Å². The van der Waals surface area contributed by atoms with Gasteiger partial charge in [0.25, 0.3) is 0 Å². The highest BCUT2D eigenvalue weighted by Crippen LogP contribution is 2.14. The van der Waals surface area contributed by atoms with Gasteiger partial charge < -0.3 is 19.7 Å². The van der Waals surface area contributed by atoms with E-state index in [2.05, 4.69) is 13.2 Å². The quantitative estimate of drug-likeness (QED) is 0.162. The standard InChI is InChI=1S/C24H36O6/c1-3-5-7-9-11-13-17-29-19-15-21(23(25)26)22(24(27)28)16-20-30-18-14-12-10-8-6-4-2/h3-4,11-14H,1-2,5-10,15-20H2,(H,25,26)(H,27,28)/b13-11?,14-12?,22-21+. The molecule has 0 aliphatic rings. The Morgan fingerprint density at radius 1 is 0.667 bits per heavy atom. The van der Waals surface area contributed by atoms with Crippen LogP contribution in [0, 0.1) is 0 Å². The Labute approximate surface area is 180 Å². The lowest BCUT2D eigenvalue weighted by Gasteiger charge is -2.09. The van der Waals surface area contributed by atoms with Gasteiger partial charge in [-0.1, -0.05) is 36.5 Å². The first-order valence-electron chi connectivity index (χ1n) is 10.4. The van der Waals surface area contributed by atoms with Crippen LogP contribution in [0.2, 0.25) is 0 Å². The Kier molecular flexibility index (Phi) is 18.2. The molecular weight excluding hydrogens is 384 g/mol. The molecule has 6 heteroatoms. The summed E-state index contributed by atoms with van der Waals surface area (Å²) in [7, 11) is 0. The van der Waals surface area contributed by atoms with Crippen LogP contribution in [0.3, 0.4) is 0 Å². The molecule has 168 valence electrons. The second-order valence-electron chi connectivity index (χ2n) is 6.60. The molecule has 0 radical (unpaired) electrons. The molecule has 0 aromatic carbocycles. The first kappa shape index (κ1) is 27.6. The van der Waals surface area contributed by atoms with Crippen molar-refractivity contribution in [3.8, 4) is 0 Å². The van der Waals surface area contributed by atoms with Crippen LogP contribution in [0.1, 0.15) is 51.4 Å². The highest BCUT2D eigenvalue weighted by Gasteiger charge is 2.19. The van der Waals surface area contributed by atoms with Gasteiger partial charge in [0.2, 0.25) is 0 Å². The molecule has 0 saturated carbocycles. The van der Waals surface area contributed by atoms with E-state index in [1.54, 1.807) is 0 Å². The van der Waals surface area contributed by atoms with Crippen LogP contribution in [0.4, 0.5) is 0 Å². The number of unbranched alkanes of at least 4 members (excludes halogenated alkanes) is 4. The number of allylic oxidation sites excluding steroid dienone is 4. The summed E-state index contributed by atoms with van der Waals surface area (Å²) in [5.74, 6) is -2.48. The second-order valence-corrected chi connectivity index (χ2v) is 6.60. The second kappa shape index (κ2) is 19.9. The van der Waals surface area contributed by atoms with Gasteiger partial charge >= 0.3 is 11.9 Å². The van der Waals surface area contributed by atoms with Crippen molar-refractivity contribution in [2.75, 3.05) is 26.4 Å². The van der Waals surface area contributed by atoms with Crippen LogP contribution in [0.15, 0.2) is 60.8 Å².